The van der Waals surface area contributed by atoms with Crippen LogP contribution in [0.1, 0.15) is 10.4 Å². The van der Waals surface area contributed by atoms with Gasteiger partial charge in [0.05, 0.1) is 29.1 Å². The number of aromatic nitrogens is 2. The van der Waals surface area contributed by atoms with Crippen molar-refractivity contribution in [1.29, 1.82) is 0 Å². The van der Waals surface area contributed by atoms with Gasteiger partial charge < -0.3 is 19.6 Å². The molecule has 0 bridgehead atoms. The number of amides is 1. The van der Waals surface area contributed by atoms with Gasteiger partial charge in [-0.2, -0.15) is 0 Å². The van der Waals surface area contributed by atoms with Crippen LogP contribution in [0.4, 0.5) is 5.69 Å². The van der Waals surface area contributed by atoms with Crippen LogP contribution in [-0.2, 0) is 0 Å². The van der Waals surface area contributed by atoms with Gasteiger partial charge in [-0.15, -0.1) is 0 Å². The quantitative estimate of drug-likeness (QED) is 0.542. The third kappa shape index (κ3) is 2.82. The SMILES string of the molecule is COc1cc(-n2cccc2)c(Cl)cc1C(=O)Nc1cccc2[nH]ccc12. The second kappa shape index (κ2) is 6.61. The number of benzene rings is 2. The number of fused-ring (bicyclic) bond motifs is 1. The minimum atomic E-state index is -0.281. The molecule has 0 aliphatic carbocycles. The number of carbonyl (C=O) groups is 1. The smallest absolute Gasteiger partial charge is 0.259 e. The van der Waals surface area contributed by atoms with Crippen LogP contribution >= 0.6 is 11.6 Å². The number of anilines is 1. The average molecular weight is 366 g/mol. The highest BCUT2D eigenvalue weighted by atomic mass is 35.5. The molecule has 0 radical (unpaired) electrons. The maximum atomic E-state index is 12.8. The molecule has 2 aromatic heterocycles. The Morgan fingerprint density at radius 1 is 1.15 bits per heavy atom. The van der Waals surface area contributed by atoms with Crippen LogP contribution in [0.25, 0.3) is 16.6 Å². The molecule has 0 aliphatic rings. The van der Waals surface area contributed by atoms with Gasteiger partial charge in [0.1, 0.15) is 5.75 Å². The standard InChI is InChI=1S/C20H16ClN3O2/c1-26-19-12-18(24-9-2-3-10-24)15(21)11-14(19)20(25)23-17-6-4-5-16-13(17)7-8-22-16/h2-12,22H,1H3,(H,23,25). The van der Waals surface area contributed by atoms with E-state index in [9.17, 15) is 4.79 Å². The summed E-state index contributed by atoms with van der Waals surface area (Å²) in [6, 6.07) is 14.8. The summed E-state index contributed by atoms with van der Waals surface area (Å²) in [6.07, 6.45) is 5.60. The average Bonchev–Trinajstić information content (AvgIpc) is 3.33. The predicted molar refractivity (Wildman–Crippen MR) is 104 cm³/mol. The van der Waals surface area contributed by atoms with Crippen molar-refractivity contribution in [3.05, 3.63) is 77.7 Å². The van der Waals surface area contributed by atoms with Gasteiger partial charge >= 0.3 is 0 Å². The van der Waals surface area contributed by atoms with Crippen LogP contribution in [-0.4, -0.2) is 22.6 Å². The van der Waals surface area contributed by atoms with Crippen molar-refractivity contribution in [3.8, 4) is 11.4 Å². The van der Waals surface area contributed by atoms with Gasteiger partial charge in [-0.3, -0.25) is 4.79 Å². The topological polar surface area (TPSA) is 59.0 Å². The van der Waals surface area contributed by atoms with Gasteiger partial charge in [0.15, 0.2) is 0 Å². The molecule has 2 N–H and O–H groups in total. The van der Waals surface area contributed by atoms with Gasteiger partial charge in [0, 0.05) is 35.6 Å². The molecule has 26 heavy (non-hydrogen) atoms. The molecule has 0 aliphatic heterocycles. The highest BCUT2D eigenvalue weighted by Gasteiger charge is 2.17. The molecule has 0 spiro atoms. The second-order valence-electron chi connectivity index (χ2n) is 5.79. The Kier molecular flexibility index (Phi) is 4.14. The number of carbonyl (C=O) groups excluding carboxylic acids is 1. The summed E-state index contributed by atoms with van der Waals surface area (Å²) in [6.45, 7) is 0. The van der Waals surface area contributed by atoms with Crippen molar-refractivity contribution in [2.24, 2.45) is 0 Å². The van der Waals surface area contributed by atoms with E-state index in [1.807, 2.05) is 59.6 Å². The van der Waals surface area contributed by atoms with Crippen molar-refractivity contribution >= 4 is 34.1 Å². The number of H-pyrrole nitrogens is 1. The van der Waals surface area contributed by atoms with E-state index in [1.54, 1.807) is 12.1 Å². The fourth-order valence-corrected chi connectivity index (χ4v) is 3.23. The molecule has 4 rings (SSSR count). The van der Waals surface area contributed by atoms with Gasteiger partial charge in [0.2, 0.25) is 0 Å². The number of hydrogen-bond donors (Lipinski definition) is 2. The lowest BCUT2D eigenvalue weighted by Crippen LogP contribution is -2.14. The Balaban J connectivity index is 1.72. The first-order chi connectivity index (χ1) is 12.7. The lowest BCUT2D eigenvalue weighted by molar-refractivity contribution is 0.102. The molecule has 6 heteroatoms. The van der Waals surface area contributed by atoms with E-state index in [2.05, 4.69) is 10.3 Å². The molecule has 0 saturated heterocycles. The van der Waals surface area contributed by atoms with Crippen molar-refractivity contribution < 1.29 is 9.53 Å². The molecular weight excluding hydrogens is 350 g/mol. The Labute approximate surface area is 155 Å². The van der Waals surface area contributed by atoms with Crippen molar-refractivity contribution in [2.45, 2.75) is 0 Å². The highest BCUT2D eigenvalue weighted by Crippen LogP contribution is 2.31. The molecule has 0 saturated carbocycles. The summed E-state index contributed by atoms with van der Waals surface area (Å²) in [4.78, 5) is 16.0. The molecule has 0 fully saturated rings. The molecule has 0 unspecified atom stereocenters. The Morgan fingerprint density at radius 2 is 1.96 bits per heavy atom. The lowest BCUT2D eigenvalue weighted by Gasteiger charge is -2.14. The molecular formula is C20H16ClN3O2. The Bertz CT molecular complexity index is 1080. The Morgan fingerprint density at radius 3 is 2.73 bits per heavy atom. The number of nitrogens with zero attached hydrogens (tertiary/aromatic N) is 1. The summed E-state index contributed by atoms with van der Waals surface area (Å²) in [7, 11) is 1.53. The van der Waals surface area contributed by atoms with Gasteiger partial charge in [-0.25, -0.2) is 0 Å². The summed E-state index contributed by atoms with van der Waals surface area (Å²) >= 11 is 6.41. The second-order valence-corrected chi connectivity index (χ2v) is 6.20. The zero-order valence-electron chi connectivity index (χ0n) is 14.0. The van der Waals surface area contributed by atoms with Crippen LogP contribution in [0.2, 0.25) is 5.02 Å². The molecule has 130 valence electrons. The minimum Gasteiger partial charge on any atom is -0.496 e. The first kappa shape index (κ1) is 16.3. The maximum Gasteiger partial charge on any atom is 0.259 e. The summed E-state index contributed by atoms with van der Waals surface area (Å²) in [5, 5.41) is 4.34. The molecule has 5 nitrogen and oxygen atoms in total. The lowest BCUT2D eigenvalue weighted by atomic mass is 10.1. The van der Waals surface area contributed by atoms with E-state index in [0.29, 0.717) is 16.3 Å². The number of hydrogen-bond acceptors (Lipinski definition) is 2. The normalized spacial score (nSPS) is 10.8. The van der Waals surface area contributed by atoms with E-state index in [-0.39, 0.29) is 5.91 Å². The van der Waals surface area contributed by atoms with Crippen LogP contribution in [0.5, 0.6) is 5.75 Å². The van der Waals surface area contributed by atoms with E-state index >= 15 is 0 Å². The minimum absolute atomic E-state index is 0.281. The number of ether oxygens (including phenoxy) is 1. The fourth-order valence-electron chi connectivity index (χ4n) is 2.97. The molecule has 2 aromatic carbocycles. The van der Waals surface area contributed by atoms with Gasteiger partial charge in [-0.05, 0) is 36.4 Å². The summed E-state index contributed by atoms with van der Waals surface area (Å²) in [5.41, 5.74) is 2.80. The van der Waals surface area contributed by atoms with Crippen molar-refractivity contribution in [1.82, 2.24) is 9.55 Å². The van der Waals surface area contributed by atoms with E-state index in [4.69, 9.17) is 16.3 Å². The molecule has 4 aromatic rings. The van der Waals surface area contributed by atoms with Crippen LogP contribution in [0.3, 0.4) is 0 Å². The van der Waals surface area contributed by atoms with Crippen LogP contribution < -0.4 is 10.1 Å². The molecule has 0 atom stereocenters. The number of methoxy groups -OCH3 is 1. The number of aromatic amines is 1. The zero-order chi connectivity index (χ0) is 18.1. The first-order valence-electron chi connectivity index (χ1n) is 8.05. The van der Waals surface area contributed by atoms with E-state index < -0.39 is 0 Å². The highest BCUT2D eigenvalue weighted by molar-refractivity contribution is 6.33. The number of halogens is 1. The summed E-state index contributed by atoms with van der Waals surface area (Å²) < 4.78 is 7.30. The Hall–Kier alpha value is -3.18. The first-order valence-corrected chi connectivity index (χ1v) is 8.43. The predicted octanol–water partition coefficient (Wildman–Crippen LogP) is 4.87. The summed E-state index contributed by atoms with van der Waals surface area (Å²) in [5.74, 6) is 0.174. The monoisotopic (exact) mass is 365 g/mol. The molecule has 2 heterocycles. The largest absolute Gasteiger partial charge is 0.496 e. The van der Waals surface area contributed by atoms with Crippen molar-refractivity contribution in [3.63, 3.8) is 0 Å². The third-order valence-corrected chi connectivity index (χ3v) is 4.54. The van der Waals surface area contributed by atoms with E-state index in [0.717, 1.165) is 22.3 Å². The van der Waals surface area contributed by atoms with E-state index in [1.165, 1.54) is 7.11 Å². The maximum absolute atomic E-state index is 12.8. The van der Waals surface area contributed by atoms with Crippen LogP contribution in [0.15, 0.2) is 67.1 Å². The number of nitrogens with one attached hydrogen (secondary N) is 2. The van der Waals surface area contributed by atoms with Gasteiger partial charge in [0.25, 0.3) is 5.91 Å². The fraction of sp³-hybridized carbons (Fsp3) is 0.0500. The molecule has 1 amide bonds. The van der Waals surface area contributed by atoms with Gasteiger partial charge in [-0.1, -0.05) is 17.7 Å². The van der Waals surface area contributed by atoms with Crippen LogP contribution in [0, 0.1) is 0 Å². The number of rotatable bonds is 4. The third-order valence-electron chi connectivity index (χ3n) is 4.24. The van der Waals surface area contributed by atoms with Crippen molar-refractivity contribution in [2.75, 3.05) is 12.4 Å². The zero-order valence-corrected chi connectivity index (χ0v) is 14.7.